The lowest BCUT2D eigenvalue weighted by molar-refractivity contribution is 0.188. The third-order valence-corrected chi connectivity index (χ3v) is 4.47. The van der Waals surface area contributed by atoms with E-state index in [-0.39, 0.29) is 12.1 Å². The summed E-state index contributed by atoms with van der Waals surface area (Å²) in [6.07, 6.45) is 0.912. The van der Waals surface area contributed by atoms with E-state index in [1.54, 1.807) is 13.0 Å². The van der Waals surface area contributed by atoms with E-state index in [2.05, 4.69) is 34.3 Å². The lowest BCUT2D eigenvalue weighted by Gasteiger charge is -2.32. The molecule has 1 saturated heterocycles. The van der Waals surface area contributed by atoms with Crippen LogP contribution in [0.25, 0.3) is 0 Å². The molecule has 2 unspecified atom stereocenters. The first kappa shape index (κ1) is 17.0. The summed E-state index contributed by atoms with van der Waals surface area (Å²) in [7, 11) is 0. The van der Waals surface area contributed by atoms with E-state index in [1.165, 1.54) is 12.1 Å². The van der Waals surface area contributed by atoms with Gasteiger partial charge in [-0.1, -0.05) is 6.07 Å². The summed E-state index contributed by atoms with van der Waals surface area (Å²) in [5.41, 5.74) is 0.777. The summed E-state index contributed by atoms with van der Waals surface area (Å²) >= 11 is 0. The van der Waals surface area contributed by atoms with Crippen molar-refractivity contribution in [2.75, 3.05) is 6.54 Å². The summed E-state index contributed by atoms with van der Waals surface area (Å²) in [4.78, 5) is 2.30. The summed E-state index contributed by atoms with van der Waals surface area (Å²) in [6, 6.07) is 4.54. The van der Waals surface area contributed by atoms with Crippen LogP contribution in [0.5, 0.6) is 0 Å². The number of halogens is 2. The van der Waals surface area contributed by atoms with Crippen molar-refractivity contribution in [3.05, 3.63) is 47.2 Å². The number of benzene rings is 1. The summed E-state index contributed by atoms with van der Waals surface area (Å²) in [5.74, 6) is -0.577. The number of nitrogens with one attached hydrogen (secondary N) is 1. The quantitative estimate of drug-likeness (QED) is 0.910. The second-order valence-corrected chi connectivity index (χ2v) is 6.44. The van der Waals surface area contributed by atoms with Gasteiger partial charge in [0.1, 0.15) is 0 Å². The Bertz CT molecular complexity index is 704. The Morgan fingerprint density at radius 1 is 1.29 bits per heavy atom. The first-order valence-electron chi connectivity index (χ1n) is 8.18. The van der Waals surface area contributed by atoms with Crippen molar-refractivity contribution in [3.8, 4) is 0 Å². The Labute approximate surface area is 140 Å². The van der Waals surface area contributed by atoms with Crippen LogP contribution in [-0.2, 0) is 6.54 Å². The van der Waals surface area contributed by atoms with Gasteiger partial charge >= 0.3 is 0 Å². The van der Waals surface area contributed by atoms with E-state index in [0.717, 1.165) is 18.5 Å². The number of hydrogen-bond acceptors (Lipinski definition) is 5. The number of hydrogen-bond donors (Lipinski definition) is 1. The van der Waals surface area contributed by atoms with Crippen molar-refractivity contribution < 1.29 is 13.2 Å². The Kier molecular flexibility index (Phi) is 4.91. The molecule has 0 bridgehead atoms. The third kappa shape index (κ3) is 3.47. The van der Waals surface area contributed by atoms with Gasteiger partial charge in [0.25, 0.3) is 0 Å². The van der Waals surface area contributed by atoms with E-state index >= 15 is 0 Å². The van der Waals surface area contributed by atoms with Gasteiger partial charge in [-0.25, -0.2) is 8.78 Å². The summed E-state index contributed by atoms with van der Waals surface area (Å²) in [6.45, 7) is 7.31. The number of rotatable bonds is 5. The molecule has 2 heterocycles. The number of aryl methyl sites for hydroxylation is 1. The molecule has 7 heteroatoms. The molecule has 3 rings (SSSR count). The van der Waals surface area contributed by atoms with Crippen molar-refractivity contribution in [3.63, 3.8) is 0 Å². The molecule has 0 amide bonds. The molecule has 1 aliphatic rings. The predicted molar refractivity (Wildman–Crippen MR) is 85.2 cm³/mol. The van der Waals surface area contributed by atoms with Gasteiger partial charge in [0, 0.05) is 25.6 Å². The van der Waals surface area contributed by atoms with Crippen molar-refractivity contribution in [2.24, 2.45) is 0 Å². The molecule has 0 spiro atoms. The van der Waals surface area contributed by atoms with Crippen LogP contribution in [0.3, 0.4) is 0 Å². The molecule has 130 valence electrons. The molecular weight excluding hydrogens is 314 g/mol. The van der Waals surface area contributed by atoms with Gasteiger partial charge in [0.05, 0.1) is 12.6 Å². The van der Waals surface area contributed by atoms with E-state index in [1.807, 2.05) is 0 Å². The summed E-state index contributed by atoms with van der Waals surface area (Å²) in [5, 5.41) is 11.2. The lowest BCUT2D eigenvalue weighted by atomic mass is 9.99. The molecule has 1 aromatic carbocycles. The Hall–Kier alpha value is -1.86. The molecule has 2 aromatic rings. The van der Waals surface area contributed by atoms with Gasteiger partial charge in [-0.05, 0) is 38.0 Å². The molecule has 1 N–H and O–H groups in total. The molecule has 24 heavy (non-hydrogen) atoms. The fourth-order valence-corrected chi connectivity index (χ4v) is 3.36. The summed E-state index contributed by atoms with van der Waals surface area (Å²) < 4.78 is 32.4. The van der Waals surface area contributed by atoms with Crippen LogP contribution in [-0.4, -0.2) is 33.7 Å². The molecule has 1 aliphatic heterocycles. The number of likely N-dealkylation sites (tertiary alicyclic amines) is 1. The fourth-order valence-electron chi connectivity index (χ4n) is 3.36. The minimum Gasteiger partial charge on any atom is -0.424 e. The van der Waals surface area contributed by atoms with Crippen LogP contribution in [0.4, 0.5) is 8.78 Å². The van der Waals surface area contributed by atoms with Crippen molar-refractivity contribution >= 4 is 0 Å². The smallest absolute Gasteiger partial charge is 0.230 e. The van der Waals surface area contributed by atoms with Crippen molar-refractivity contribution in [2.45, 2.75) is 51.9 Å². The highest BCUT2D eigenvalue weighted by Crippen LogP contribution is 2.34. The average molecular weight is 336 g/mol. The average Bonchev–Trinajstić information content (AvgIpc) is 3.14. The van der Waals surface area contributed by atoms with Crippen LogP contribution in [0.15, 0.2) is 22.6 Å². The van der Waals surface area contributed by atoms with Gasteiger partial charge < -0.3 is 9.73 Å². The maximum absolute atomic E-state index is 13.7. The molecule has 0 aliphatic carbocycles. The van der Waals surface area contributed by atoms with Crippen LogP contribution in [0, 0.1) is 18.6 Å². The Balaban J connectivity index is 1.80. The van der Waals surface area contributed by atoms with E-state index < -0.39 is 11.6 Å². The Morgan fingerprint density at radius 2 is 2.08 bits per heavy atom. The number of nitrogens with zero attached hydrogens (tertiary/aromatic N) is 3. The van der Waals surface area contributed by atoms with Crippen molar-refractivity contribution in [1.82, 2.24) is 20.4 Å². The monoisotopic (exact) mass is 336 g/mol. The highest BCUT2D eigenvalue weighted by Gasteiger charge is 2.36. The molecular formula is C17H22F2N4O. The molecule has 1 aromatic heterocycles. The maximum atomic E-state index is 13.7. The largest absolute Gasteiger partial charge is 0.424 e. The standard InChI is InChI=1S/C17H22F2N4O/c1-10(2)23-7-6-15(20-9-16-22-21-11(3)24-16)17(23)12-4-5-13(18)14(19)8-12/h4-5,8,10,15,17,20H,6-7,9H2,1-3H3. The van der Waals surface area contributed by atoms with Gasteiger partial charge in [-0.3, -0.25) is 4.90 Å². The van der Waals surface area contributed by atoms with Crippen LogP contribution in [0.1, 0.15) is 43.7 Å². The minimum atomic E-state index is -0.821. The van der Waals surface area contributed by atoms with Gasteiger partial charge in [-0.2, -0.15) is 0 Å². The first-order valence-corrected chi connectivity index (χ1v) is 8.18. The van der Waals surface area contributed by atoms with E-state index in [9.17, 15) is 8.78 Å². The van der Waals surface area contributed by atoms with Crippen LogP contribution >= 0.6 is 0 Å². The highest BCUT2D eigenvalue weighted by molar-refractivity contribution is 5.24. The maximum Gasteiger partial charge on any atom is 0.230 e. The second kappa shape index (κ2) is 6.94. The van der Waals surface area contributed by atoms with Gasteiger partial charge in [0.2, 0.25) is 11.8 Å². The molecule has 2 atom stereocenters. The van der Waals surface area contributed by atoms with E-state index in [4.69, 9.17) is 4.42 Å². The Morgan fingerprint density at radius 3 is 2.71 bits per heavy atom. The second-order valence-electron chi connectivity index (χ2n) is 6.44. The zero-order chi connectivity index (χ0) is 17.3. The topological polar surface area (TPSA) is 54.2 Å². The highest BCUT2D eigenvalue weighted by atomic mass is 19.2. The number of aromatic nitrogens is 2. The normalized spacial score (nSPS) is 21.8. The lowest BCUT2D eigenvalue weighted by Crippen LogP contribution is -2.38. The predicted octanol–water partition coefficient (Wildman–Crippen LogP) is 2.97. The zero-order valence-corrected chi connectivity index (χ0v) is 14.1. The molecule has 0 saturated carbocycles. The minimum absolute atomic E-state index is 0.0240. The zero-order valence-electron chi connectivity index (χ0n) is 14.1. The van der Waals surface area contributed by atoms with E-state index in [0.29, 0.717) is 24.4 Å². The molecule has 0 radical (unpaired) electrons. The van der Waals surface area contributed by atoms with Crippen molar-refractivity contribution in [1.29, 1.82) is 0 Å². The first-order chi connectivity index (χ1) is 11.5. The third-order valence-electron chi connectivity index (χ3n) is 4.47. The fraction of sp³-hybridized carbons (Fsp3) is 0.529. The SMILES string of the molecule is Cc1nnc(CNC2CCN(C(C)C)C2c2ccc(F)c(F)c2)o1. The molecule has 5 nitrogen and oxygen atoms in total. The molecule has 1 fully saturated rings. The van der Waals surface area contributed by atoms with Gasteiger partial charge in [0.15, 0.2) is 11.6 Å². The van der Waals surface area contributed by atoms with Crippen LogP contribution < -0.4 is 5.32 Å². The van der Waals surface area contributed by atoms with Crippen LogP contribution in [0.2, 0.25) is 0 Å². The van der Waals surface area contributed by atoms with Gasteiger partial charge in [-0.15, -0.1) is 10.2 Å².